The van der Waals surface area contributed by atoms with Gasteiger partial charge in [-0.3, -0.25) is 0 Å². The van der Waals surface area contributed by atoms with Gasteiger partial charge in [0, 0.05) is 6.04 Å². The molecular formula is C11H13Cl2N. The molecule has 0 aliphatic heterocycles. The standard InChI is InChI=1S/C11H13Cl2N/c1-14-8-5-7(6-8)9-3-2-4-10(12)11(9)13/h2-4,7-8,14H,5-6H2,1H3. The van der Waals surface area contributed by atoms with Crippen LogP contribution in [0.15, 0.2) is 18.2 Å². The number of hydrogen-bond acceptors (Lipinski definition) is 1. The van der Waals surface area contributed by atoms with Gasteiger partial charge >= 0.3 is 0 Å². The summed E-state index contributed by atoms with van der Waals surface area (Å²) in [6.45, 7) is 0. The van der Waals surface area contributed by atoms with Crippen molar-refractivity contribution in [2.45, 2.75) is 24.8 Å². The molecule has 0 saturated heterocycles. The van der Waals surface area contributed by atoms with E-state index in [1.807, 2.05) is 19.2 Å². The molecule has 3 heteroatoms. The van der Waals surface area contributed by atoms with Gasteiger partial charge in [0.15, 0.2) is 0 Å². The topological polar surface area (TPSA) is 12.0 Å². The lowest BCUT2D eigenvalue weighted by Gasteiger charge is -2.36. The first kappa shape index (κ1) is 10.3. The van der Waals surface area contributed by atoms with Crippen LogP contribution < -0.4 is 5.32 Å². The van der Waals surface area contributed by atoms with E-state index in [0.717, 1.165) is 17.9 Å². The van der Waals surface area contributed by atoms with Crippen LogP contribution in [0.3, 0.4) is 0 Å². The molecule has 76 valence electrons. The number of nitrogens with one attached hydrogen (secondary N) is 1. The lowest BCUT2D eigenvalue weighted by atomic mass is 9.76. The monoisotopic (exact) mass is 229 g/mol. The lowest BCUT2D eigenvalue weighted by molar-refractivity contribution is 0.307. The first-order valence-corrected chi connectivity index (χ1v) is 5.59. The Labute approximate surface area is 94.4 Å². The predicted octanol–water partition coefficient (Wildman–Crippen LogP) is 3.46. The van der Waals surface area contributed by atoms with Crippen LogP contribution in [-0.4, -0.2) is 13.1 Å². The molecule has 1 aliphatic rings. The van der Waals surface area contributed by atoms with Crippen molar-refractivity contribution in [1.82, 2.24) is 5.32 Å². The first-order chi connectivity index (χ1) is 6.72. The molecule has 1 saturated carbocycles. The summed E-state index contributed by atoms with van der Waals surface area (Å²) in [6.07, 6.45) is 2.33. The quantitative estimate of drug-likeness (QED) is 0.820. The number of hydrogen-bond donors (Lipinski definition) is 1. The van der Waals surface area contributed by atoms with Gasteiger partial charge in [-0.2, -0.15) is 0 Å². The Morgan fingerprint density at radius 2 is 2.00 bits per heavy atom. The summed E-state index contributed by atoms with van der Waals surface area (Å²) in [4.78, 5) is 0. The van der Waals surface area contributed by atoms with Gasteiger partial charge in [0.1, 0.15) is 0 Å². The summed E-state index contributed by atoms with van der Waals surface area (Å²) in [6, 6.07) is 6.53. The zero-order valence-electron chi connectivity index (χ0n) is 8.06. The molecule has 2 rings (SSSR count). The highest BCUT2D eigenvalue weighted by molar-refractivity contribution is 6.42. The number of halogens is 2. The molecule has 0 radical (unpaired) electrons. The Bertz CT molecular complexity index is 332. The third-order valence-electron chi connectivity index (χ3n) is 2.97. The molecule has 1 aromatic carbocycles. The maximum Gasteiger partial charge on any atom is 0.0627 e. The van der Waals surface area contributed by atoms with E-state index in [1.54, 1.807) is 0 Å². The SMILES string of the molecule is CNC1CC(c2cccc(Cl)c2Cl)C1. The van der Waals surface area contributed by atoms with Gasteiger partial charge in [-0.25, -0.2) is 0 Å². The van der Waals surface area contributed by atoms with Crippen molar-refractivity contribution < 1.29 is 0 Å². The Balaban J connectivity index is 2.14. The van der Waals surface area contributed by atoms with E-state index in [-0.39, 0.29) is 0 Å². The molecule has 1 aliphatic carbocycles. The highest BCUT2D eigenvalue weighted by Crippen LogP contribution is 2.41. The molecule has 14 heavy (non-hydrogen) atoms. The number of benzene rings is 1. The summed E-state index contributed by atoms with van der Waals surface area (Å²) in [5.41, 5.74) is 1.20. The van der Waals surface area contributed by atoms with Gasteiger partial charge in [0.05, 0.1) is 10.0 Å². The third kappa shape index (κ3) is 1.77. The highest BCUT2D eigenvalue weighted by Gasteiger charge is 2.30. The van der Waals surface area contributed by atoms with Crippen LogP contribution in [-0.2, 0) is 0 Å². The van der Waals surface area contributed by atoms with Gasteiger partial charge in [-0.15, -0.1) is 0 Å². The van der Waals surface area contributed by atoms with Crippen molar-refractivity contribution in [2.75, 3.05) is 7.05 Å². The fourth-order valence-corrected chi connectivity index (χ4v) is 2.41. The van der Waals surface area contributed by atoms with E-state index in [2.05, 4.69) is 11.4 Å². The minimum absolute atomic E-state index is 0.582. The second kappa shape index (κ2) is 4.09. The average molecular weight is 230 g/mol. The van der Waals surface area contributed by atoms with Crippen molar-refractivity contribution in [2.24, 2.45) is 0 Å². The fourth-order valence-electron chi connectivity index (χ4n) is 1.94. The molecule has 0 unspecified atom stereocenters. The molecule has 1 aromatic rings. The second-order valence-electron chi connectivity index (χ2n) is 3.80. The molecular weight excluding hydrogens is 217 g/mol. The molecule has 1 fully saturated rings. The Morgan fingerprint density at radius 1 is 1.29 bits per heavy atom. The molecule has 0 spiro atoms. The zero-order chi connectivity index (χ0) is 10.1. The van der Waals surface area contributed by atoms with Gasteiger partial charge in [0.2, 0.25) is 0 Å². The van der Waals surface area contributed by atoms with E-state index in [0.29, 0.717) is 17.0 Å². The normalized spacial score (nSPS) is 25.9. The van der Waals surface area contributed by atoms with Gasteiger partial charge in [-0.05, 0) is 37.4 Å². The molecule has 0 amide bonds. The second-order valence-corrected chi connectivity index (χ2v) is 4.58. The van der Waals surface area contributed by atoms with Gasteiger partial charge in [0.25, 0.3) is 0 Å². The summed E-state index contributed by atoms with van der Waals surface area (Å²) in [5, 5.41) is 4.65. The van der Waals surface area contributed by atoms with E-state index in [4.69, 9.17) is 23.2 Å². The molecule has 0 aromatic heterocycles. The molecule has 0 atom stereocenters. The Kier molecular flexibility index (Phi) is 3.01. The van der Waals surface area contributed by atoms with Crippen molar-refractivity contribution in [3.63, 3.8) is 0 Å². The summed E-state index contributed by atoms with van der Waals surface area (Å²) in [7, 11) is 2.00. The minimum atomic E-state index is 0.582. The predicted molar refractivity (Wildman–Crippen MR) is 61.3 cm³/mol. The van der Waals surface area contributed by atoms with Crippen LogP contribution in [0.25, 0.3) is 0 Å². The molecule has 1 N–H and O–H groups in total. The fraction of sp³-hybridized carbons (Fsp3) is 0.455. The van der Waals surface area contributed by atoms with E-state index in [1.165, 1.54) is 5.56 Å². The van der Waals surface area contributed by atoms with Crippen LogP contribution in [0.5, 0.6) is 0 Å². The van der Waals surface area contributed by atoms with Crippen LogP contribution in [0.1, 0.15) is 24.3 Å². The summed E-state index contributed by atoms with van der Waals surface area (Å²) >= 11 is 12.1. The third-order valence-corrected chi connectivity index (χ3v) is 3.80. The van der Waals surface area contributed by atoms with Gasteiger partial charge in [-0.1, -0.05) is 35.3 Å². The Morgan fingerprint density at radius 3 is 2.64 bits per heavy atom. The largest absolute Gasteiger partial charge is 0.317 e. The minimum Gasteiger partial charge on any atom is -0.317 e. The van der Waals surface area contributed by atoms with E-state index >= 15 is 0 Å². The van der Waals surface area contributed by atoms with Crippen molar-refractivity contribution in [3.05, 3.63) is 33.8 Å². The van der Waals surface area contributed by atoms with Crippen LogP contribution in [0.2, 0.25) is 10.0 Å². The van der Waals surface area contributed by atoms with Crippen molar-refractivity contribution >= 4 is 23.2 Å². The summed E-state index contributed by atoms with van der Waals surface area (Å²) in [5.74, 6) is 0.582. The first-order valence-electron chi connectivity index (χ1n) is 4.83. The van der Waals surface area contributed by atoms with Crippen molar-refractivity contribution in [3.8, 4) is 0 Å². The van der Waals surface area contributed by atoms with E-state index in [9.17, 15) is 0 Å². The summed E-state index contributed by atoms with van der Waals surface area (Å²) < 4.78 is 0. The molecule has 0 bridgehead atoms. The maximum atomic E-state index is 6.14. The van der Waals surface area contributed by atoms with Gasteiger partial charge < -0.3 is 5.32 Å². The molecule has 1 nitrogen and oxygen atoms in total. The maximum absolute atomic E-state index is 6.14. The van der Waals surface area contributed by atoms with Crippen LogP contribution in [0.4, 0.5) is 0 Å². The van der Waals surface area contributed by atoms with Crippen LogP contribution in [0, 0.1) is 0 Å². The van der Waals surface area contributed by atoms with Crippen molar-refractivity contribution in [1.29, 1.82) is 0 Å². The lowest BCUT2D eigenvalue weighted by Crippen LogP contribution is -2.37. The molecule has 0 heterocycles. The smallest absolute Gasteiger partial charge is 0.0627 e. The van der Waals surface area contributed by atoms with Crippen LogP contribution >= 0.6 is 23.2 Å². The Hall–Kier alpha value is -0.240. The number of rotatable bonds is 2. The highest BCUT2D eigenvalue weighted by atomic mass is 35.5. The zero-order valence-corrected chi connectivity index (χ0v) is 9.57. The van der Waals surface area contributed by atoms with E-state index < -0.39 is 0 Å². The average Bonchev–Trinajstić information content (AvgIpc) is 2.10.